The van der Waals surface area contributed by atoms with Crippen LogP contribution in [0.25, 0.3) is 11.3 Å². The number of carbonyl (C=O) groups is 2. The van der Waals surface area contributed by atoms with Crippen LogP contribution in [0.15, 0.2) is 41.8 Å². The Hall–Kier alpha value is -3.39. The minimum Gasteiger partial charge on any atom is -0.493 e. The summed E-state index contributed by atoms with van der Waals surface area (Å²) in [5, 5.41) is 5.21. The summed E-state index contributed by atoms with van der Waals surface area (Å²) in [6.45, 7) is 3.86. The van der Waals surface area contributed by atoms with E-state index in [-0.39, 0.29) is 11.8 Å². The van der Waals surface area contributed by atoms with E-state index in [4.69, 9.17) is 9.47 Å². The number of carbonyl (C=O) groups excluding carboxylic acids is 2. The highest BCUT2D eigenvalue weighted by atomic mass is 32.1. The molecule has 2 aromatic carbocycles. The van der Waals surface area contributed by atoms with Crippen molar-refractivity contribution in [3.8, 4) is 22.8 Å². The first kappa shape index (κ1) is 20.9. The van der Waals surface area contributed by atoms with Crippen LogP contribution in [-0.4, -0.2) is 38.1 Å². The molecule has 0 fully saturated rings. The quantitative estimate of drug-likeness (QED) is 0.642. The van der Waals surface area contributed by atoms with Crippen LogP contribution in [-0.2, 0) is 10.2 Å². The lowest BCUT2D eigenvalue weighted by Gasteiger charge is -2.16. The van der Waals surface area contributed by atoms with Crippen LogP contribution in [0.5, 0.6) is 11.5 Å². The van der Waals surface area contributed by atoms with Gasteiger partial charge < -0.3 is 14.4 Å². The Balaban J connectivity index is 1.57. The third kappa shape index (κ3) is 3.53. The van der Waals surface area contributed by atoms with Gasteiger partial charge in [-0.1, -0.05) is 6.07 Å². The molecule has 0 saturated heterocycles. The van der Waals surface area contributed by atoms with Crippen molar-refractivity contribution in [2.45, 2.75) is 19.3 Å². The Kier molecular flexibility index (Phi) is 5.18. The zero-order valence-corrected chi connectivity index (χ0v) is 18.8. The molecule has 0 unspecified atom stereocenters. The number of hydrogen-bond donors (Lipinski definition) is 1. The first-order valence-corrected chi connectivity index (χ1v) is 10.6. The van der Waals surface area contributed by atoms with Gasteiger partial charge >= 0.3 is 0 Å². The Labute approximate surface area is 184 Å². The minimum absolute atomic E-state index is 0.0702. The van der Waals surface area contributed by atoms with E-state index in [1.807, 2.05) is 37.4 Å². The van der Waals surface area contributed by atoms with Gasteiger partial charge in [-0.05, 0) is 49.7 Å². The molecule has 3 aromatic rings. The summed E-state index contributed by atoms with van der Waals surface area (Å²) in [6.07, 6.45) is 0. The molecule has 1 aliphatic heterocycles. The fourth-order valence-corrected chi connectivity index (χ4v) is 4.46. The van der Waals surface area contributed by atoms with Crippen LogP contribution in [0, 0.1) is 0 Å². The smallest absolute Gasteiger partial charge is 0.257 e. The van der Waals surface area contributed by atoms with E-state index in [0.717, 1.165) is 22.5 Å². The van der Waals surface area contributed by atoms with Gasteiger partial charge in [-0.25, -0.2) is 4.98 Å². The number of rotatable bonds is 5. The van der Waals surface area contributed by atoms with E-state index in [0.29, 0.717) is 22.2 Å². The lowest BCUT2D eigenvalue weighted by molar-refractivity contribution is -0.121. The van der Waals surface area contributed by atoms with Gasteiger partial charge in [-0.15, -0.1) is 11.3 Å². The Morgan fingerprint density at radius 3 is 2.55 bits per heavy atom. The summed E-state index contributed by atoms with van der Waals surface area (Å²) in [5.41, 5.74) is 3.39. The molecule has 2 amide bonds. The normalized spacial score (nSPS) is 14.4. The zero-order valence-electron chi connectivity index (χ0n) is 18.0. The molecule has 0 spiro atoms. The summed E-state index contributed by atoms with van der Waals surface area (Å²) < 4.78 is 10.5. The van der Waals surface area contributed by atoms with Crippen molar-refractivity contribution in [1.82, 2.24) is 4.98 Å². The molecule has 160 valence electrons. The number of thiazole rings is 1. The van der Waals surface area contributed by atoms with E-state index in [9.17, 15) is 9.59 Å². The number of ether oxygens (including phenoxy) is 2. The molecule has 2 heterocycles. The van der Waals surface area contributed by atoms with Crippen LogP contribution < -0.4 is 19.7 Å². The van der Waals surface area contributed by atoms with Crippen molar-refractivity contribution in [3.05, 3.63) is 52.9 Å². The van der Waals surface area contributed by atoms with E-state index in [2.05, 4.69) is 10.3 Å². The minimum atomic E-state index is -0.583. The van der Waals surface area contributed by atoms with Crippen LogP contribution in [0.1, 0.15) is 29.8 Å². The van der Waals surface area contributed by atoms with Crippen molar-refractivity contribution in [2.24, 2.45) is 0 Å². The van der Waals surface area contributed by atoms with E-state index >= 15 is 0 Å². The highest BCUT2D eigenvalue weighted by molar-refractivity contribution is 7.14. The van der Waals surface area contributed by atoms with Crippen LogP contribution in [0.2, 0.25) is 0 Å². The predicted octanol–water partition coefficient (Wildman–Crippen LogP) is 4.33. The number of benzene rings is 2. The van der Waals surface area contributed by atoms with Gasteiger partial charge in [-0.2, -0.15) is 0 Å². The van der Waals surface area contributed by atoms with Gasteiger partial charge in [0.25, 0.3) is 5.91 Å². The number of aromatic nitrogens is 1. The highest BCUT2D eigenvalue weighted by Crippen LogP contribution is 2.42. The number of likely N-dealkylation sites (N-methyl/N-ethyl adjacent to an activating group) is 1. The molecule has 4 rings (SSSR count). The first-order valence-electron chi connectivity index (χ1n) is 9.68. The summed E-state index contributed by atoms with van der Waals surface area (Å²) in [6, 6.07) is 10.9. The second kappa shape index (κ2) is 7.70. The van der Waals surface area contributed by atoms with Gasteiger partial charge in [-0.3, -0.25) is 14.9 Å². The van der Waals surface area contributed by atoms with E-state index in [1.54, 1.807) is 37.3 Å². The monoisotopic (exact) mass is 437 g/mol. The largest absolute Gasteiger partial charge is 0.493 e. The molecule has 1 aliphatic rings. The van der Waals surface area contributed by atoms with E-state index < -0.39 is 5.41 Å². The van der Waals surface area contributed by atoms with Crippen LogP contribution in [0.4, 0.5) is 10.8 Å². The molecule has 31 heavy (non-hydrogen) atoms. The molecule has 7 nitrogen and oxygen atoms in total. The van der Waals surface area contributed by atoms with Crippen molar-refractivity contribution >= 4 is 34.0 Å². The maximum Gasteiger partial charge on any atom is 0.257 e. The van der Waals surface area contributed by atoms with Crippen molar-refractivity contribution < 1.29 is 19.1 Å². The van der Waals surface area contributed by atoms with Crippen LogP contribution in [0.3, 0.4) is 0 Å². The Morgan fingerprint density at radius 2 is 1.84 bits per heavy atom. The molecule has 0 atom stereocenters. The second-order valence-corrected chi connectivity index (χ2v) is 8.64. The third-order valence-electron chi connectivity index (χ3n) is 5.54. The van der Waals surface area contributed by atoms with Gasteiger partial charge in [0.15, 0.2) is 16.6 Å². The fourth-order valence-electron chi connectivity index (χ4n) is 3.74. The zero-order chi connectivity index (χ0) is 22.3. The van der Waals surface area contributed by atoms with E-state index in [1.165, 1.54) is 18.4 Å². The van der Waals surface area contributed by atoms with Crippen molar-refractivity contribution in [3.63, 3.8) is 0 Å². The molecule has 0 aliphatic carbocycles. The second-order valence-electron chi connectivity index (χ2n) is 7.78. The topological polar surface area (TPSA) is 80.8 Å². The fraction of sp³-hybridized carbons (Fsp3) is 0.261. The van der Waals surface area contributed by atoms with Crippen molar-refractivity contribution in [1.29, 1.82) is 0 Å². The average Bonchev–Trinajstić information content (AvgIpc) is 3.30. The molecular weight excluding hydrogens is 414 g/mol. The molecule has 1 aromatic heterocycles. The summed E-state index contributed by atoms with van der Waals surface area (Å²) in [7, 11) is 4.86. The standard InChI is InChI=1S/C23H23N3O4S/c1-23(2)15-10-13(6-8-17(15)26(3)21(23)28)16-12-31-22(24-16)25-20(27)14-7-9-18(29-4)19(11-14)30-5/h6-12H,1-5H3,(H,24,25,27). The third-order valence-corrected chi connectivity index (χ3v) is 6.29. The Morgan fingerprint density at radius 1 is 1.10 bits per heavy atom. The predicted molar refractivity (Wildman–Crippen MR) is 121 cm³/mol. The van der Waals surface area contributed by atoms with Gasteiger partial charge in [0.1, 0.15) is 0 Å². The van der Waals surface area contributed by atoms with Crippen molar-refractivity contribution in [2.75, 3.05) is 31.5 Å². The molecular formula is C23H23N3O4S. The SMILES string of the molecule is COc1ccc(C(=O)Nc2nc(-c3ccc4c(c3)C(C)(C)C(=O)N4C)cs2)cc1OC. The number of amides is 2. The number of methoxy groups -OCH3 is 2. The molecule has 0 saturated carbocycles. The lowest BCUT2D eigenvalue weighted by atomic mass is 9.85. The summed E-state index contributed by atoms with van der Waals surface area (Å²) in [4.78, 5) is 31.4. The van der Waals surface area contributed by atoms with Gasteiger partial charge in [0, 0.05) is 29.2 Å². The summed E-state index contributed by atoms with van der Waals surface area (Å²) >= 11 is 1.34. The highest BCUT2D eigenvalue weighted by Gasteiger charge is 2.42. The first-order chi connectivity index (χ1) is 14.8. The van der Waals surface area contributed by atoms with Crippen LogP contribution >= 0.6 is 11.3 Å². The summed E-state index contributed by atoms with van der Waals surface area (Å²) in [5.74, 6) is 0.819. The number of nitrogens with zero attached hydrogens (tertiary/aromatic N) is 2. The Bertz CT molecular complexity index is 1190. The maximum atomic E-state index is 12.7. The lowest BCUT2D eigenvalue weighted by Crippen LogP contribution is -2.33. The number of nitrogens with one attached hydrogen (secondary N) is 1. The number of anilines is 2. The molecule has 1 N–H and O–H groups in total. The molecule has 0 bridgehead atoms. The average molecular weight is 438 g/mol. The number of hydrogen-bond acceptors (Lipinski definition) is 6. The number of fused-ring (bicyclic) bond motifs is 1. The molecule has 8 heteroatoms. The molecule has 0 radical (unpaired) electrons. The van der Waals surface area contributed by atoms with Gasteiger partial charge in [0.2, 0.25) is 5.91 Å². The maximum absolute atomic E-state index is 12.7. The van der Waals surface area contributed by atoms with Gasteiger partial charge in [0.05, 0.1) is 25.3 Å².